The molecule has 3 amide bonds. The van der Waals surface area contributed by atoms with E-state index < -0.39 is 20.0 Å². The van der Waals surface area contributed by atoms with Gasteiger partial charge in [-0.2, -0.15) is 0 Å². The third kappa shape index (κ3) is 5.12. The first kappa shape index (κ1) is 30.0. The van der Waals surface area contributed by atoms with Crippen LogP contribution in [0.4, 0.5) is 17.1 Å². The smallest absolute Gasteiger partial charge is 0.264 e. The van der Waals surface area contributed by atoms with E-state index in [2.05, 4.69) is 0 Å². The van der Waals surface area contributed by atoms with Crippen molar-refractivity contribution in [2.24, 2.45) is 5.92 Å². The van der Waals surface area contributed by atoms with Crippen molar-refractivity contribution in [1.29, 1.82) is 0 Å². The molecule has 10 heteroatoms. The van der Waals surface area contributed by atoms with Crippen molar-refractivity contribution in [2.45, 2.75) is 88.8 Å². The van der Waals surface area contributed by atoms with Gasteiger partial charge in [0, 0.05) is 60.9 Å². The molecule has 0 unspecified atom stereocenters. The topological polar surface area (TPSA) is 111 Å². The fraction of sp³-hybridized carbons (Fsp3) is 0.545. The minimum atomic E-state index is -2.82. The lowest BCUT2D eigenvalue weighted by Gasteiger charge is -2.33. The van der Waals surface area contributed by atoms with Crippen LogP contribution in [-0.4, -0.2) is 61.7 Å². The van der Waals surface area contributed by atoms with Gasteiger partial charge >= 0.3 is 0 Å². The lowest BCUT2D eigenvalue weighted by Crippen LogP contribution is -2.46. The highest BCUT2D eigenvalue weighted by molar-refractivity contribution is 6.71. The molecule has 9 nitrogen and oxygen atoms in total. The minimum absolute atomic E-state index is 0.0778. The van der Waals surface area contributed by atoms with E-state index in [9.17, 15) is 24.3 Å². The molecule has 2 aromatic carbocycles. The van der Waals surface area contributed by atoms with Crippen LogP contribution in [0.3, 0.4) is 0 Å². The van der Waals surface area contributed by atoms with Gasteiger partial charge in [-0.1, -0.05) is 19.1 Å². The molecule has 4 atom stereocenters. The Hall–Kier alpha value is -3.05. The second kappa shape index (κ2) is 11.5. The van der Waals surface area contributed by atoms with Crippen molar-refractivity contribution in [3.05, 3.63) is 53.6 Å². The number of anilines is 3. The second-order valence-corrected chi connectivity index (χ2v) is 17.1. The lowest BCUT2D eigenvalue weighted by atomic mass is 9.82. The Morgan fingerprint density at radius 2 is 1.51 bits per heavy atom. The van der Waals surface area contributed by atoms with Crippen LogP contribution in [0.2, 0.25) is 18.6 Å². The summed E-state index contributed by atoms with van der Waals surface area (Å²) in [5, 5.41) is 9.90. The highest BCUT2D eigenvalue weighted by Gasteiger charge is 2.66. The Bertz CT molecular complexity index is 1410. The monoisotopic (exact) mass is 605 g/mol. The Morgan fingerprint density at radius 1 is 0.907 bits per heavy atom. The number of ether oxygens (including phenoxy) is 1. The Balaban J connectivity index is 1.39. The summed E-state index contributed by atoms with van der Waals surface area (Å²) < 4.78 is 6.76. The molecule has 0 radical (unpaired) electrons. The van der Waals surface area contributed by atoms with E-state index >= 15 is 0 Å². The predicted molar refractivity (Wildman–Crippen MR) is 167 cm³/mol. The highest BCUT2D eigenvalue weighted by Crippen LogP contribution is 2.60. The summed E-state index contributed by atoms with van der Waals surface area (Å²) in [4.78, 5) is 56.8. The molecule has 1 spiro atoms. The van der Waals surface area contributed by atoms with Gasteiger partial charge in [-0.25, -0.2) is 0 Å². The maximum absolute atomic E-state index is 14.7. The number of hydrogen-bond donors (Lipinski definition) is 2. The van der Waals surface area contributed by atoms with E-state index in [1.807, 2.05) is 67.4 Å². The number of amides is 3. The van der Waals surface area contributed by atoms with Crippen LogP contribution in [-0.2, 0) is 31.3 Å². The predicted octanol–water partition coefficient (Wildman–Crippen LogP) is 4.45. The minimum Gasteiger partial charge on any atom is -0.432 e. The first-order valence-electron chi connectivity index (χ1n) is 15.7. The first-order chi connectivity index (χ1) is 20.6. The van der Waals surface area contributed by atoms with Crippen LogP contribution in [0.25, 0.3) is 0 Å². The number of aliphatic hydroxyl groups is 1. The average molecular weight is 606 g/mol. The van der Waals surface area contributed by atoms with Crippen LogP contribution < -0.4 is 14.7 Å². The molecule has 0 bridgehead atoms. The molecule has 3 saturated heterocycles. The van der Waals surface area contributed by atoms with Crippen molar-refractivity contribution in [2.75, 3.05) is 34.4 Å². The molecule has 4 aliphatic heterocycles. The molecule has 4 aliphatic rings. The molecular formula is C33H43N3O6Si. The summed E-state index contributed by atoms with van der Waals surface area (Å²) in [6, 6.07) is 13.6. The van der Waals surface area contributed by atoms with Gasteiger partial charge in [0.05, 0.1) is 18.3 Å². The number of nitrogens with zero attached hydrogens (tertiary/aromatic N) is 3. The largest absolute Gasteiger partial charge is 0.432 e. The molecule has 0 saturated carbocycles. The van der Waals surface area contributed by atoms with E-state index in [1.165, 1.54) is 0 Å². The molecule has 0 aliphatic carbocycles. The van der Waals surface area contributed by atoms with Crippen LogP contribution in [0, 0.1) is 5.92 Å². The second-order valence-electron chi connectivity index (χ2n) is 13.1. The lowest BCUT2D eigenvalue weighted by molar-refractivity contribution is -0.146. The van der Waals surface area contributed by atoms with Crippen molar-refractivity contribution >= 4 is 43.1 Å². The SMILES string of the molecule is C[C@H]1[C@H]([Si](C)(C)O)[C@@H](CCO)O[C@]12C(=O)N(Cc1ccc(N3CCCCC3=O)cc1)c1ccc(N3CCCCC3=O)cc12. The number of hydrogen-bond acceptors (Lipinski definition) is 6. The molecule has 0 aromatic heterocycles. The number of carbonyl (C=O) groups is 3. The fourth-order valence-electron chi connectivity index (χ4n) is 7.91. The van der Waals surface area contributed by atoms with Crippen molar-refractivity contribution in [3.63, 3.8) is 0 Å². The Morgan fingerprint density at radius 3 is 2.09 bits per heavy atom. The summed E-state index contributed by atoms with van der Waals surface area (Å²) >= 11 is 0. The highest BCUT2D eigenvalue weighted by atomic mass is 28.4. The average Bonchev–Trinajstić information content (AvgIpc) is 3.40. The number of aliphatic hydroxyl groups excluding tert-OH is 1. The van der Waals surface area contributed by atoms with Crippen LogP contribution >= 0.6 is 0 Å². The molecule has 3 fully saturated rings. The standard InChI is InChI=1S/C33H43N3O6Si/c1-22-31(43(2,3)41)28(16-19-37)42-33(22)26-20-25(35-18-7-5-9-30(35)39)14-15-27(26)36(32(33)40)21-23-10-12-24(13-11-23)34-17-6-4-8-29(34)38/h10-15,20,22,28,31,37,41H,4-9,16-19,21H2,1-3H3/t22-,28+,31-,33+/m0/s1. The summed E-state index contributed by atoms with van der Waals surface area (Å²) in [5.41, 5.74) is 2.41. The normalized spacial score (nSPS) is 27.9. The quantitative estimate of drug-likeness (QED) is 0.452. The van der Waals surface area contributed by atoms with Crippen molar-refractivity contribution in [3.8, 4) is 0 Å². The molecule has 6 rings (SSSR count). The van der Waals surface area contributed by atoms with Gasteiger partial charge in [-0.15, -0.1) is 0 Å². The molecule has 4 heterocycles. The third-order valence-corrected chi connectivity index (χ3v) is 12.4. The number of piperidine rings is 2. The van der Waals surface area contributed by atoms with E-state index in [1.54, 1.807) is 9.80 Å². The van der Waals surface area contributed by atoms with E-state index in [-0.39, 0.29) is 35.8 Å². The number of fused-ring (bicyclic) bond motifs is 2. The van der Waals surface area contributed by atoms with Gasteiger partial charge in [0.25, 0.3) is 5.91 Å². The van der Waals surface area contributed by atoms with Crippen LogP contribution in [0.1, 0.15) is 63.0 Å². The Labute approximate surface area is 254 Å². The van der Waals surface area contributed by atoms with E-state index in [0.717, 1.165) is 60.4 Å². The molecule has 230 valence electrons. The van der Waals surface area contributed by atoms with Gasteiger partial charge in [0.1, 0.15) is 0 Å². The van der Waals surface area contributed by atoms with Gasteiger partial charge < -0.3 is 29.3 Å². The fourth-order valence-corrected chi connectivity index (χ4v) is 10.5. The number of carbonyl (C=O) groups excluding carboxylic acids is 3. The summed E-state index contributed by atoms with van der Waals surface area (Å²) in [6.45, 7) is 7.30. The number of rotatable bonds is 7. The molecule has 2 aromatic rings. The maximum Gasteiger partial charge on any atom is 0.264 e. The van der Waals surface area contributed by atoms with Gasteiger partial charge in [0.2, 0.25) is 11.8 Å². The zero-order chi connectivity index (χ0) is 30.5. The molecule has 43 heavy (non-hydrogen) atoms. The zero-order valence-corrected chi connectivity index (χ0v) is 26.4. The van der Waals surface area contributed by atoms with Gasteiger partial charge in [-0.3, -0.25) is 14.4 Å². The van der Waals surface area contributed by atoms with Crippen LogP contribution in [0.5, 0.6) is 0 Å². The van der Waals surface area contributed by atoms with Gasteiger partial charge in [-0.05, 0) is 81.1 Å². The van der Waals surface area contributed by atoms with Gasteiger partial charge in [0.15, 0.2) is 13.9 Å². The van der Waals surface area contributed by atoms with Crippen molar-refractivity contribution < 1.29 is 29.0 Å². The van der Waals surface area contributed by atoms with E-state index in [4.69, 9.17) is 4.74 Å². The molecule has 2 N–H and O–H groups in total. The van der Waals surface area contributed by atoms with Crippen molar-refractivity contribution in [1.82, 2.24) is 0 Å². The summed E-state index contributed by atoms with van der Waals surface area (Å²) in [5.74, 6) is -0.306. The summed E-state index contributed by atoms with van der Waals surface area (Å²) in [7, 11) is -2.82. The van der Waals surface area contributed by atoms with Crippen LogP contribution in [0.15, 0.2) is 42.5 Å². The first-order valence-corrected chi connectivity index (χ1v) is 18.8. The third-order valence-electron chi connectivity index (χ3n) is 9.93. The number of benzene rings is 2. The Kier molecular flexibility index (Phi) is 8.00. The summed E-state index contributed by atoms with van der Waals surface area (Å²) in [6.07, 6.45) is 4.65. The van der Waals surface area contributed by atoms with E-state index in [0.29, 0.717) is 32.4 Å². The maximum atomic E-state index is 14.7. The zero-order valence-electron chi connectivity index (χ0n) is 25.4. The molecular weight excluding hydrogens is 562 g/mol.